The van der Waals surface area contributed by atoms with Crippen molar-refractivity contribution < 1.29 is 10.2 Å². The molecule has 0 saturated carbocycles. The van der Waals surface area contributed by atoms with Gasteiger partial charge in [0.2, 0.25) is 5.95 Å². The lowest BCUT2D eigenvalue weighted by molar-refractivity contribution is 0.281. The number of rotatable bonds is 6. The smallest absolute Gasteiger partial charge is 0.225 e. The number of nitrogens with zero attached hydrogens (tertiary/aromatic N) is 2. The van der Waals surface area contributed by atoms with Gasteiger partial charge in [0.1, 0.15) is 11.6 Å². The van der Waals surface area contributed by atoms with Crippen LogP contribution in [0.3, 0.4) is 0 Å². The topological polar surface area (TPSA) is 90.3 Å². The van der Waals surface area contributed by atoms with E-state index in [0.29, 0.717) is 28.2 Å². The van der Waals surface area contributed by atoms with Gasteiger partial charge in [-0.25, -0.2) is 4.98 Å². The molecule has 1 aromatic heterocycles. The van der Waals surface area contributed by atoms with E-state index >= 15 is 0 Å². The second kappa shape index (κ2) is 8.03. The predicted molar refractivity (Wildman–Crippen MR) is 104 cm³/mol. The highest BCUT2D eigenvalue weighted by Gasteiger charge is 2.11. The van der Waals surface area contributed by atoms with Crippen LogP contribution in [0.5, 0.6) is 5.75 Å². The third kappa shape index (κ3) is 4.41. The quantitative estimate of drug-likeness (QED) is 0.490. The molecule has 0 spiro atoms. The number of benzene rings is 2. The van der Waals surface area contributed by atoms with Gasteiger partial charge in [-0.1, -0.05) is 41.9 Å². The summed E-state index contributed by atoms with van der Waals surface area (Å²) in [7, 11) is 0. The van der Waals surface area contributed by atoms with Crippen LogP contribution in [0.2, 0.25) is 5.02 Å². The number of phenolic OH excluding ortho intramolecular Hbond substituents is 1. The first-order chi connectivity index (χ1) is 12.5. The Morgan fingerprint density at radius 1 is 1.08 bits per heavy atom. The fourth-order valence-electron chi connectivity index (χ4n) is 2.35. The molecule has 2 aromatic carbocycles. The largest absolute Gasteiger partial charge is 0.506 e. The zero-order valence-electron chi connectivity index (χ0n) is 14.1. The Bertz CT molecular complexity index is 890. The van der Waals surface area contributed by atoms with Crippen LogP contribution in [0, 0.1) is 0 Å². The second-order valence-corrected chi connectivity index (χ2v) is 6.28. The van der Waals surface area contributed by atoms with Crippen LogP contribution in [0.4, 0.5) is 17.5 Å². The van der Waals surface area contributed by atoms with E-state index in [1.54, 1.807) is 18.2 Å². The molecule has 0 bridgehead atoms. The van der Waals surface area contributed by atoms with Crippen LogP contribution in [0.25, 0.3) is 11.3 Å². The highest BCUT2D eigenvalue weighted by Crippen LogP contribution is 2.30. The molecule has 0 radical (unpaired) electrons. The molecule has 1 heterocycles. The Morgan fingerprint density at radius 3 is 2.58 bits per heavy atom. The van der Waals surface area contributed by atoms with E-state index in [2.05, 4.69) is 20.6 Å². The highest BCUT2D eigenvalue weighted by molar-refractivity contribution is 6.31. The van der Waals surface area contributed by atoms with Crippen molar-refractivity contribution in [3.63, 3.8) is 0 Å². The van der Waals surface area contributed by atoms with Crippen molar-refractivity contribution in [2.24, 2.45) is 0 Å². The van der Waals surface area contributed by atoms with E-state index < -0.39 is 0 Å². The number of aromatic hydroxyl groups is 1. The van der Waals surface area contributed by atoms with Gasteiger partial charge in [-0.2, -0.15) is 4.98 Å². The minimum atomic E-state index is -0.201. The van der Waals surface area contributed by atoms with Gasteiger partial charge in [0.05, 0.1) is 18.0 Å². The molecule has 0 aliphatic carbocycles. The molecule has 3 rings (SSSR count). The number of phenols is 1. The normalized spacial score (nSPS) is 11.8. The summed E-state index contributed by atoms with van der Waals surface area (Å²) in [6, 6.07) is 16.0. The monoisotopic (exact) mass is 370 g/mol. The number of anilines is 3. The van der Waals surface area contributed by atoms with E-state index in [-0.39, 0.29) is 18.4 Å². The Kier molecular flexibility index (Phi) is 5.55. The summed E-state index contributed by atoms with van der Waals surface area (Å²) in [5.41, 5.74) is 2.07. The molecule has 0 saturated heterocycles. The molecule has 6 nitrogen and oxygen atoms in total. The summed E-state index contributed by atoms with van der Waals surface area (Å²) < 4.78 is 0. The number of halogens is 1. The maximum atomic E-state index is 10.0. The van der Waals surface area contributed by atoms with Crippen LogP contribution < -0.4 is 10.6 Å². The van der Waals surface area contributed by atoms with Crippen molar-refractivity contribution >= 4 is 29.1 Å². The van der Waals surface area contributed by atoms with Crippen LogP contribution in [-0.2, 0) is 0 Å². The summed E-state index contributed by atoms with van der Waals surface area (Å²) in [4.78, 5) is 8.93. The van der Waals surface area contributed by atoms with Gasteiger partial charge < -0.3 is 20.8 Å². The first-order valence-corrected chi connectivity index (χ1v) is 8.50. The van der Waals surface area contributed by atoms with E-state index in [0.717, 1.165) is 5.56 Å². The molecule has 3 aromatic rings. The summed E-state index contributed by atoms with van der Waals surface area (Å²) in [6.45, 7) is 1.78. The molecule has 26 heavy (non-hydrogen) atoms. The molecular weight excluding hydrogens is 352 g/mol. The van der Waals surface area contributed by atoms with Crippen molar-refractivity contribution in [2.75, 3.05) is 17.2 Å². The second-order valence-electron chi connectivity index (χ2n) is 5.84. The lowest BCUT2D eigenvalue weighted by Crippen LogP contribution is -2.21. The fourth-order valence-corrected chi connectivity index (χ4v) is 2.52. The molecule has 7 heteroatoms. The molecular formula is C19H19ClN4O2. The van der Waals surface area contributed by atoms with Gasteiger partial charge in [0, 0.05) is 22.7 Å². The molecule has 0 fully saturated rings. The Morgan fingerprint density at radius 2 is 1.85 bits per heavy atom. The van der Waals surface area contributed by atoms with Gasteiger partial charge in [-0.3, -0.25) is 0 Å². The number of hydrogen-bond acceptors (Lipinski definition) is 6. The standard InChI is InChI=1S/C19H19ClN4O2/c1-12(11-25)21-19-23-15(13-5-3-2-4-6-13)10-18(24-19)22-16-9-14(20)7-8-17(16)26/h2-10,12,25-26H,11H2,1H3,(H2,21,22,23,24)/t12-/m0/s1. The molecule has 0 unspecified atom stereocenters. The summed E-state index contributed by atoms with van der Waals surface area (Å²) in [5.74, 6) is 0.925. The van der Waals surface area contributed by atoms with Crippen molar-refractivity contribution in [1.82, 2.24) is 9.97 Å². The summed E-state index contributed by atoms with van der Waals surface area (Å²) in [6.07, 6.45) is 0. The Balaban J connectivity index is 2.00. The van der Waals surface area contributed by atoms with Crippen LogP contribution in [0.1, 0.15) is 6.92 Å². The predicted octanol–water partition coefficient (Wildman–Crippen LogP) is 4.04. The third-order valence-corrected chi connectivity index (χ3v) is 3.90. The highest BCUT2D eigenvalue weighted by atomic mass is 35.5. The Labute approximate surface area is 156 Å². The average molecular weight is 371 g/mol. The number of aliphatic hydroxyl groups is 1. The van der Waals surface area contributed by atoms with Gasteiger partial charge in [-0.15, -0.1) is 0 Å². The summed E-state index contributed by atoms with van der Waals surface area (Å²) in [5, 5.41) is 25.9. The molecule has 0 amide bonds. The molecule has 1 atom stereocenters. The van der Waals surface area contributed by atoms with Crippen molar-refractivity contribution in [3.8, 4) is 17.0 Å². The van der Waals surface area contributed by atoms with Crippen LogP contribution in [0.15, 0.2) is 54.6 Å². The zero-order valence-corrected chi connectivity index (χ0v) is 14.9. The molecule has 0 aliphatic rings. The molecule has 0 aliphatic heterocycles. The number of aromatic nitrogens is 2. The van der Waals surface area contributed by atoms with E-state index in [4.69, 9.17) is 11.6 Å². The van der Waals surface area contributed by atoms with E-state index in [1.165, 1.54) is 6.07 Å². The van der Waals surface area contributed by atoms with Gasteiger partial charge in [0.25, 0.3) is 0 Å². The minimum absolute atomic E-state index is 0.0449. The average Bonchev–Trinajstić information content (AvgIpc) is 2.65. The Hall–Kier alpha value is -2.83. The maximum Gasteiger partial charge on any atom is 0.225 e. The zero-order chi connectivity index (χ0) is 18.5. The maximum absolute atomic E-state index is 10.0. The van der Waals surface area contributed by atoms with Gasteiger partial charge in [0.15, 0.2) is 0 Å². The van der Waals surface area contributed by atoms with E-state index in [1.807, 2.05) is 37.3 Å². The van der Waals surface area contributed by atoms with Crippen LogP contribution in [-0.4, -0.2) is 32.8 Å². The third-order valence-electron chi connectivity index (χ3n) is 3.67. The summed E-state index contributed by atoms with van der Waals surface area (Å²) >= 11 is 6.01. The number of aliphatic hydroxyl groups excluding tert-OH is 1. The van der Waals surface area contributed by atoms with Crippen molar-refractivity contribution in [1.29, 1.82) is 0 Å². The van der Waals surface area contributed by atoms with Crippen LogP contribution >= 0.6 is 11.6 Å². The first-order valence-electron chi connectivity index (χ1n) is 8.12. The lowest BCUT2D eigenvalue weighted by Gasteiger charge is -2.15. The SMILES string of the molecule is C[C@@H](CO)Nc1nc(Nc2cc(Cl)ccc2O)cc(-c2ccccc2)n1. The van der Waals surface area contributed by atoms with Crippen molar-refractivity contribution in [3.05, 3.63) is 59.6 Å². The molecule has 134 valence electrons. The number of hydrogen-bond donors (Lipinski definition) is 4. The number of nitrogens with one attached hydrogen (secondary N) is 2. The lowest BCUT2D eigenvalue weighted by atomic mass is 10.1. The van der Waals surface area contributed by atoms with Crippen molar-refractivity contribution in [2.45, 2.75) is 13.0 Å². The fraction of sp³-hybridized carbons (Fsp3) is 0.158. The van der Waals surface area contributed by atoms with E-state index in [9.17, 15) is 10.2 Å². The van der Waals surface area contributed by atoms with Gasteiger partial charge >= 0.3 is 0 Å². The first kappa shape index (κ1) is 18.0. The van der Waals surface area contributed by atoms with Gasteiger partial charge in [-0.05, 0) is 25.1 Å². The minimum Gasteiger partial charge on any atom is -0.506 e. The molecule has 4 N–H and O–H groups in total.